The molecule has 2 aliphatic rings. The van der Waals surface area contributed by atoms with Gasteiger partial charge in [-0.15, -0.1) is 0 Å². The average molecular weight is 353 g/mol. The number of hydrogen-bond donors (Lipinski definition) is 0. The van der Waals surface area contributed by atoms with Gasteiger partial charge in [-0.1, -0.05) is 17.7 Å². The summed E-state index contributed by atoms with van der Waals surface area (Å²) in [5.74, 6) is 1.53. The van der Waals surface area contributed by atoms with E-state index in [1.165, 1.54) is 0 Å². The number of allylic oxidation sites excluding steroid dienone is 4. The minimum absolute atomic E-state index is 0.100. The Morgan fingerprint density at radius 1 is 1.12 bits per heavy atom. The average Bonchev–Trinajstić information content (AvgIpc) is 2.83. The lowest BCUT2D eigenvalue weighted by Crippen LogP contribution is -2.33. The molecule has 0 fully saturated rings. The van der Waals surface area contributed by atoms with Crippen molar-refractivity contribution >= 4 is 11.5 Å². The van der Waals surface area contributed by atoms with Crippen LogP contribution in [0.1, 0.15) is 39.7 Å². The Morgan fingerprint density at radius 3 is 2.46 bits per heavy atom. The van der Waals surface area contributed by atoms with Crippen LogP contribution in [0.4, 0.5) is 0 Å². The Labute approximate surface area is 155 Å². The van der Waals surface area contributed by atoms with Gasteiger partial charge in [0.2, 0.25) is 0 Å². The maximum absolute atomic E-state index is 12.1. The van der Waals surface area contributed by atoms with Crippen LogP contribution in [0, 0.1) is 5.41 Å². The minimum atomic E-state index is -0.269. The molecular weight excluding hydrogens is 326 g/mol. The molecule has 0 aromatic heterocycles. The van der Waals surface area contributed by atoms with Crippen molar-refractivity contribution in [1.29, 1.82) is 0 Å². The van der Waals surface area contributed by atoms with Gasteiger partial charge in [-0.2, -0.15) is 0 Å². The molecule has 1 heterocycles. The highest BCUT2D eigenvalue weighted by Crippen LogP contribution is 2.49. The van der Waals surface area contributed by atoms with Crippen molar-refractivity contribution in [3.63, 3.8) is 0 Å². The third-order valence-corrected chi connectivity index (χ3v) is 5.39. The van der Waals surface area contributed by atoms with Gasteiger partial charge in [-0.3, -0.25) is 9.79 Å². The third kappa shape index (κ3) is 3.09. The number of hydrogen-bond acceptors (Lipinski definition) is 4. The van der Waals surface area contributed by atoms with Crippen molar-refractivity contribution in [2.45, 2.75) is 46.1 Å². The first-order chi connectivity index (χ1) is 12.2. The molecule has 0 amide bonds. The normalized spacial score (nSPS) is 24.2. The Bertz CT molecular complexity index is 845. The summed E-state index contributed by atoms with van der Waals surface area (Å²) in [5.41, 5.74) is 3.68. The second kappa shape index (κ2) is 6.42. The number of rotatable bonds is 4. The number of carbonyl (C=O) groups is 1. The first kappa shape index (κ1) is 18.4. The maximum atomic E-state index is 12.1. The molecule has 26 heavy (non-hydrogen) atoms. The van der Waals surface area contributed by atoms with Crippen molar-refractivity contribution in [2.75, 3.05) is 14.2 Å². The van der Waals surface area contributed by atoms with Gasteiger partial charge in [-0.25, -0.2) is 0 Å². The quantitative estimate of drug-likeness (QED) is 0.809. The molecule has 1 aromatic rings. The van der Waals surface area contributed by atoms with E-state index in [1.807, 2.05) is 32.0 Å². The van der Waals surface area contributed by atoms with E-state index in [0.717, 1.165) is 40.3 Å². The highest BCUT2D eigenvalue weighted by atomic mass is 16.5. The number of carbonyl (C=O) groups excluding carboxylic acids is 1. The van der Waals surface area contributed by atoms with Gasteiger partial charge in [0.05, 0.1) is 25.2 Å². The zero-order valence-electron chi connectivity index (χ0n) is 16.5. The van der Waals surface area contributed by atoms with Crippen molar-refractivity contribution in [3.8, 4) is 11.5 Å². The maximum Gasteiger partial charge on any atom is 0.181 e. The highest BCUT2D eigenvalue weighted by Gasteiger charge is 2.47. The first-order valence-corrected chi connectivity index (χ1v) is 8.93. The van der Waals surface area contributed by atoms with Gasteiger partial charge < -0.3 is 9.47 Å². The minimum Gasteiger partial charge on any atom is -0.493 e. The Morgan fingerprint density at radius 2 is 1.81 bits per heavy atom. The summed E-state index contributed by atoms with van der Waals surface area (Å²) in [4.78, 5) is 17.2. The van der Waals surface area contributed by atoms with Crippen LogP contribution in [-0.4, -0.2) is 31.3 Å². The molecule has 0 bridgehead atoms. The fourth-order valence-electron chi connectivity index (χ4n) is 4.17. The lowest BCUT2D eigenvalue weighted by molar-refractivity contribution is -0.111. The van der Waals surface area contributed by atoms with Crippen LogP contribution in [-0.2, 0) is 11.2 Å². The van der Waals surface area contributed by atoms with E-state index in [0.29, 0.717) is 6.42 Å². The topological polar surface area (TPSA) is 47.9 Å². The fraction of sp³-hybridized carbons (Fsp3) is 0.455. The number of benzene rings is 1. The highest BCUT2D eigenvalue weighted by molar-refractivity contribution is 6.09. The molecule has 0 saturated carbocycles. The third-order valence-electron chi connectivity index (χ3n) is 5.39. The van der Waals surface area contributed by atoms with Gasteiger partial charge in [0.1, 0.15) is 0 Å². The van der Waals surface area contributed by atoms with Gasteiger partial charge in [0, 0.05) is 12.1 Å². The molecule has 0 saturated heterocycles. The molecule has 1 aliphatic heterocycles. The van der Waals surface area contributed by atoms with E-state index in [9.17, 15) is 4.79 Å². The SMILES string of the molecule is COc1ccc(CC2=NC(C)(C)CC23C=C(C)C(=O)C=C3C)cc1OC. The molecule has 0 N–H and O–H groups in total. The van der Waals surface area contributed by atoms with Crippen molar-refractivity contribution < 1.29 is 14.3 Å². The zero-order chi connectivity index (χ0) is 19.1. The summed E-state index contributed by atoms with van der Waals surface area (Å²) in [5, 5.41) is 0. The lowest BCUT2D eigenvalue weighted by atomic mass is 9.67. The van der Waals surface area contributed by atoms with Crippen LogP contribution >= 0.6 is 0 Å². The summed E-state index contributed by atoms with van der Waals surface area (Å²) in [6.45, 7) is 8.26. The van der Waals surface area contributed by atoms with Crippen molar-refractivity contribution in [3.05, 3.63) is 47.1 Å². The van der Waals surface area contributed by atoms with E-state index in [-0.39, 0.29) is 16.7 Å². The Hall–Kier alpha value is -2.36. The van der Waals surface area contributed by atoms with Crippen LogP contribution in [0.2, 0.25) is 0 Å². The van der Waals surface area contributed by atoms with Gasteiger partial charge in [-0.05, 0) is 63.5 Å². The second-order valence-corrected chi connectivity index (χ2v) is 7.90. The van der Waals surface area contributed by atoms with Crippen LogP contribution in [0.25, 0.3) is 0 Å². The molecular formula is C22H27NO3. The summed E-state index contributed by atoms with van der Waals surface area (Å²) in [6, 6.07) is 5.98. The predicted octanol–water partition coefficient (Wildman–Crippen LogP) is 4.33. The Balaban J connectivity index is 2.02. The molecule has 1 aliphatic carbocycles. The van der Waals surface area contributed by atoms with E-state index < -0.39 is 0 Å². The smallest absolute Gasteiger partial charge is 0.181 e. The van der Waals surface area contributed by atoms with Gasteiger partial charge >= 0.3 is 0 Å². The summed E-state index contributed by atoms with van der Waals surface area (Å²) < 4.78 is 10.8. The first-order valence-electron chi connectivity index (χ1n) is 8.93. The number of methoxy groups -OCH3 is 2. The van der Waals surface area contributed by atoms with Crippen molar-refractivity contribution in [2.24, 2.45) is 10.4 Å². The van der Waals surface area contributed by atoms with Crippen LogP contribution in [0.15, 0.2) is 46.5 Å². The van der Waals surface area contributed by atoms with E-state index in [1.54, 1.807) is 20.3 Å². The standard InChI is InChI=1S/C22H27NO3/c1-14-12-22(15(2)9-17(14)24)13-21(3,4)23-20(22)11-16-7-8-18(25-5)19(10-16)26-6/h7-10,12H,11,13H2,1-6H3. The largest absolute Gasteiger partial charge is 0.493 e. The number of ether oxygens (including phenoxy) is 2. The van der Waals surface area contributed by atoms with E-state index >= 15 is 0 Å². The van der Waals surface area contributed by atoms with Gasteiger partial charge in [0.25, 0.3) is 0 Å². The second-order valence-electron chi connectivity index (χ2n) is 7.90. The number of nitrogens with zero attached hydrogens (tertiary/aromatic N) is 1. The molecule has 1 spiro atoms. The van der Waals surface area contributed by atoms with E-state index in [4.69, 9.17) is 14.5 Å². The van der Waals surface area contributed by atoms with Crippen LogP contribution < -0.4 is 9.47 Å². The molecule has 1 unspecified atom stereocenters. The van der Waals surface area contributed by atoms with Crippen LogP contribution in [0.5, 0.6) is 11.5 Å². The van der Waals surface area contributed by atoms with Crippen LogP contribution in [0.3, 0.4) is 0 Å². The summed E-state index contributed by atoms with van der Waals surface area (Å²) in [6.07, 6.45) is 5.50. The fourth-order valence-corrected chi connectivity index (χ4v) is 4.17. The lowest BCUT2D eigenvalue weighted by Gasteiger charge is -2.34. The molecule has 1 atom stereocenters. The summed E-state index contributed by atoms with van der Waals surface area (Å²) >= 11 is 0. The number of ketones is 1. The Kier molecular flexibility index (Phi) is 4.55. The molecule has 0 radical (unpaired) electrons. The zero-order valence-corrected chi connectivity index (χ0v) is 16.5. The number of aliphatic imine (C=N–C) groups is 1. The summed E-state index contributed by atoms with van der Waals surface area (Å²) in [7, 11) is 3.28. The molecule has 4 nitrogen and oxygen atoms in total. The predicted molar refractivity (Wildman–Crippen MR) is 104 cm³/mol. The van der Waals surface area contributed by atoms with E-state index in [2.05, 4.69) is 19.9 Å². The molecule has 4 heteroatoms. The molecule has 3 rings (SSSR count). The van der Waals surface area contributed by atoms with Gasteiger partial charge in [0.15, 0.2) is 17.3 Å². The monoisotopic (exact) mass is 353 g/mol. The molecule has 1 aromatic carbocycles. The molecule has 138 valence electrons. The van der Waals surface area contributed by atoms with Crippen molar-refractivity contribution in [1.82, 2.24) is 0 Å².